The average molecular weight is 129 g/mol. The molecule has 0 saturated carbocycles. The van der Waals surface area contributed by atoms with Crippen LogP contribution in [0.3, 0.4) is 0 Å². The van der Waals surface area contributed by atoms with Crippen LogP contribution in [0.25, 0.3) is 0 Å². The van der Waals surface area contributed by atoms with Gasteiger partial charge in [0.15, 0.2) is 0 Å². The summed E-state index contributed by atoms with van der Waals surface area (Å²) in [5, 5.41) is 0. The molecule has 0 saturated heterocycles. The number of hydrogen-bond donors (Lipinski definition) is 1. The first kappa shape index (κ1) is 8.01. The van der Waals surface area contributed by atoms with Crippen molar-refractivity contribution in [3.8, 4) is 0 Å². The normalized spacial score (nSPS) is 9.89. The molecule has 2 N–H and O–H groups in total. The number of hydrogen-bond acceptors (Lipinski definition) is 2. The minimum atomic E-state index is -0.480. The Bertz CT molecular complexity index is 110. The Hall–Kier alpha value is -0.990. The second-order valence-electron chi connectivity index (χ2n) is 1.58. The molecule has 0 aromatic carbocycles. The lowest BCUT2D eigenvalue weighted by atomic mass is 10.5. The van der Waals surface area contributed by atoms with Gasteiger partial charge in [-0.3, -0.25) is 4.79 Å². The molecule has 0 unspecified atom stereocenters. The quantitative estimate of drug-likeness (QED) is 0.339. The van der Waals surface area contributed by atoms with E-state index in [1.54, 1.807) is 0 Å². The molecule has 1 amide bonds. The maximum atomic E-state index is 10.0. The Labute approximate surface area is 54.5 Å². The summed E-state index contributed by atoms with van der Waals surface area (Å²) in [5.41, 5.74) is 4.77. The van der Waals surface area contributed by atoms with Crippen molar-refractivity contribution in [2.24, 2.45) is 5.73 Å². The van der Waals surface area contributed by atoms with Crippen molar-refractivity contribution in [1.29, 1.82) is 0 Å². The molecule has 0 aliphatic rings. The van der Waals surface area contributed by atoms with Gasteiger partial charge in [-0.25, -0.2) is 0 Å². The summed E-state index contributed by atoms with van der Waals surface area (Å²) < 4.78 is 4.81. The van der Waals surface area contributed by atoms with Crippen molar-refractivity contribution >= 4 is 5.91 Å². The van der Waals surface area contributed by atoms with E-state index in [0.29, 0.717) is 6.61 Å². The van der Waals surface area contributed by atoms with Crippen LogP contribution < -0.4 is 5.73 Å². The molecule has 9 heavy (non-hydrogen) atoms. The number of rotatable bonds is 4. The molecule has 0 fully saturated rings. The Balaban J connectivity index is 3.15. The third-order valence-corrected chi connectivity index (χ3v) is 0.651. The molecule has 0 radical (unpaired) electrons. The molecule has 3 nitrogen and oxygen atoms in total. The molecule has 0 bridgehead atoms. The van der Waals surface area contributed by atoms with Gasteiger partial charge in [0.1, 0.15) is 0 Å². The van der Waals surface area contributed by atoms with Crippen LogP contribution in [0.2, 0.25) is 0 Å². The maximum Gasteiger partial charge on any atom is 0.244 e. The monoisotopic (exact) mass is 129 g/mol. The van der Waals surface area contributed by atoms with E-state index in [4.69, 9.17) is 10.5 Å². The van der Waals surface area contributed by atoms with E-state index in [-0.39, 0.29) is 0 Å². The van der Waals surface area contributed by atoms with Gasteiger partial charge in [0.2, 0.25) is 5.91 Å². The van der Waals surface area contributed by atoms with Crippen LogP contribution in [0, 0.1) is 0 Å². The van der Waals surface area contributed by atoms with E-state index < -0.39 is 5.91 Å². The number of primary amides is 1. The van der Waals surface area contributed by atoms with Gasteiger partial charge < -0.3 is 10.5 Å². The van der Waals surface area contributed by atoms with Crippen LogP contribution in [0.15, 0.2) is 12.3 Å². The lowest BCUT2D eigenvalue weighted by molar-refractivity contribution is -0.113. The highest BCUT2D eigenvalue weighted by atomic mass is 16.5. The Kier molecular flexibility index (Phi) is 4.59. The van der Waals surface area contributed by atoms with Crippen molar-refractivity contribution < 1.29 is 9.53 Å². The van der Waals surface area contributed by atoms with Crippen LogP contribution in [-0.4, -0.2) is 12.5 Å². The summed E-state index contributed by atoms with van der Waals surface area (Å²) in [6.45, 7) is 2.61. The summed E-state index contributed by atoms with van der Waals surface area (Å²) in [6.07, 6.45) is 3.44. The Morgan fingerprint density at radius 1 is 1.78 bits per heavy atom. The minimum absolute atomic E-state index is 0.480. The Morgan fingerprint density at radius 2 is 2.44 bits per heavy atom. The molecule has 0 rings (SSSR count). The van der Waals surface area contributed by atoms with Gasteiger partial charge >= 0.3 is 0 Å². The lowest BCUT2D eigenvalue weighted by Crippen LogP contribution is -2.05. The first-order chi connectivity index (χ1) is 4.27. The number of nitrogens with two attached hydrogens (primary N) is 1. The van der Waals surface area contributed by atoms with E-state index >= 15 is 0 Å². The maximum absolute atomic E-state index is 10.0. The second kappa shape index (κ2) is 5.15. The smallest absolute Gasteiger partial charge is 0.244 e. The zero-order valence-corrected chi connectivity index (χ0v) is 5.46. The summed E-state index contributed by atoms with van der Waals surface area (Å²) >= 11 is 0. The van der Waals surface area contributed by atoms with Crippen molar-refractivity contribution in [2.75, 3.05) is 6.61 Å². The van der Waals surface area contributed by atoms with E-state index in [0.717, 1.165) is 6.42 Å². The lowest BCUT2D eigenvalue weighted by Gasteiger charge is -1.92. The first-order valence-corrected chi connectivity index (χ1v) is 2.85. The highest BCUT2D eigenvalue weighted by Crippen LogP contribution is 1.80. The summed E-state index contributed by atoms with van der Waals surface area (Å²) in [7, 11) is 0. The van der Waals surface area contributed by atoms with E-state index in [9.17, 15) is 4.79 Å². The first-order valence-electron chi connectivity index (χ1n) is 2.85. The molecule has 0 aromatic rings. The van der Waals surface area contributed by atoms with Gasteiger partial charge in [0.05, 0.1) is 12.9 Å². The van der Waals surface area contributed by atoms with Gasteiger partial charge in [-0.05, 0) is 6.42 Å². The number of carbonyl (C=O) groups is 1. The van der Waals surface area contributed by atoms with Gasteiger partial charge in [0.25, 0.3) is 0 Å². The molecule has 0 spiro atoms. The summed E-state index contributed by atoms with van der Waals surface area (Å²) in [6, 6.07) is 0. The molecule has 0 aliphatic carbocycles. The van der Waals surface area contributed by atoms with Crippen LogP contribution in [0.1, 0.15) is 13.3 Å². The molecule has 0 heterocycles. The molecule has 52 valence electrons. The molecule has 0 aromatic heterocycles. The van der Waals surface area contributed by atoms with E-state index in [1.807, 2.05) is 6.92 Å². The number of ether oxygens (including phenoxy) is 1. The molecular formula is C6H11NO2. The topological polar surface area (TPSA) is 52.3 Å². The van der Waals surface area contributed by atoms with Crippen LogP contribution in [0.4, 0.5) is 0 Å². The zero-order valence-electron chi connectivity index (χ0n) is 5.46. The zero-order chi connectivity index (χ0) is 7.11. The van der Waals surface area contributed by atoms with Crippen LogP contribution in [0.5, 0.6) is 0 Å². The minimum Gasteiger partial charge on any atom is -0.501 e. The van der Waals surface area contributed by atoms with Crippen molar-refractivity contribution in [1.82, 2.24) is 0 Å². The SMILES string of the molecule is CCCOC=CC(N)=O. The Morgan fingerprint density at radius 3 is 2.89 bits per heavy atom. The largest absolute Gasteiger partial charge is 0.501 e. The van der Waals surface area contributed by atoms with Crippen LogP contribution in [-0.2, 0) is 9.53 Å². The second-order valence-corrected chi connectivity index (χ2v) is 1.58. The standard InChI is InChI=1S/C6H11NO2/c1-2-4-9-5-3-6(7)8/h3,5H,2,4H2,1H3,(H2,7,8). The molecule has 0 aliphatic heterocycles. The summed E-state index contributed by atoms with van der Waals surface area (Å²) in [4.78, 5) is 10.0. The summed E-state index contributed by atoms with van der Waals surface area (Å²) in [5.74, 6) is -0.480. The predicted molar refractivity (Wildman–Crippen MR) is 34.6 cm³/mol. The number of carbonyl (C=O) groups excluding carboxylic acids is 1. The molecule has 3 heteroatoms. The molecule has 0 atom stereocenters. The fourth-order valence-corrected chi connectivity index (χ4v) is 0.301. The third-order valence-electron chi connectivity index (χ3n) is 0.651. The van der Waals surface area contributed by atoms with Gasteiger partial charge in [-0.2, -0.15) is 0 Å². The van der Waals surface area contributed by atoms with E-state index in [1.165, 1.54) is 12.3 Å². The molecular weight excluding hydrogens is 118 g/mol. The predicted octanol–water partition coefficient (Wildman–Crippen LogP) is 0.412. The van der Waals surface area contributed by atoms with Crippen LogP contribution >= 0.6 is 0 Å². The fraction of sp³-hybridized carbons (Fsp3) is 0.500. The third kappa shape index (κ3) is 7.01. The average Bonchev–Trinajstić information content (AvgIpc) is 1.80. The van der Waals surface area contributed by atoms with E-state index in [2.05, 4.69) is 0 Å². The number of amides is 1. The highest BCUT2D eigenvalue weighted by molar-refractivity contribution is 5.85. The van der Waals surface area contributed by atoms with Crippen molar-refractivity contribution in [3.63, 3.8) is 0 Å². The van der Waals surface area contributed by atoms with Crippen molar-refractivity contribution in [3.05, 3.63) is 12.3 Å². The van der Waals surface area contributed by atoms with Gasteiger partial charge in [0, 0.05) is 6.08 Å². The van der Waals surface area contributed by atoms with Gasteiger partial charge in [-0.15, -0.1) is 0 Å². The fourth-order valence-electron chi connectivity index (χ4n) is 0.301. The van der Waals surface area contributed by atoms with Gasteiger partial charge in [-0.1, -0.05) is 6.92 Å². The highest BCUT2D eigenvalue weighted by Gasteiger charge is 1.80. The van der Waals surface area contributed by atoms with Crippen molar-refractivity contribution in [2.45, 2.75) is 13.3 Å².